The van der Waals surface area contributed by atoms with Gasteiger partial charge in [0.1, 0.15) is 5.75 Å². The first-order valence-corrected chi connectivity index (χ1v) is 9.90. The third-order valence-electron chi connectivity index (χ3n) is 5.87. The van der Waals surface area contributed by atoms with Crippen molar-refractivity contribution in [2.45, 2.75) is 26.2 Å². The summed E-state index contributed by atoms with van der Waals surface area (Å²) in [4.78, 5) is 27.1. The normalized spacial score (nSPS) is 21.6. The van der Waals surface area contributed by atoms with Crippen molar-refractivity contribution in [2.24, 2.45) is 11.3 Å². The first kappa shape index (κ1) is 20.6. The number of methoxy groups -OCH3 is 2. The second-order valence-corrected chi connectivity index (χ2v) is 7.98. The Balaban J connectivity index is 1.64. The minimum atomic E-state index is -0.348. The van der Waals surface area contributed by atoms with Gasteiger partial charge in [-0.05, 0) is 50.6 Å². The van der Waals surface area contributed by atoms with E-state index in [1.807, 2.05) is 25.1 Å². The highest BCUT2D eigenvalue weighted by Crippen LogP contribution is 2.34. The fraction of sp³-hybridized carbons (Fsp3) is 0.619. The fourth-order valence-electron chi connectivity index (χ4n) is 4.18. The molecule has 3 rings (SSSR count). The SMILES string of the molecule is COCC1(CNC(=O)C2CC(=O)N(c3cc(C)ccc3OC)C2)CCNCC1. The number of nitrogens with one attached hydrogen (secondary N) is 2. The summed E-state index contributed by atoms with van der Waals surface area (Å²) in [7, 11) is 3.29. The Morgan fingerprint density at radius 3 is 2.75 bits per heavy atom. The smallest absolute Gasteiger partial charge is 0.227 e. The molecule has 2 heterocycles. The molecule has 7 nitrogen and oxygen atoms in total. The number of carbonyl (C=O) groups is 2. The van der Waals surface area contributed by atoms with Gasteiger partial charge in [-0.2, -0.15) is 0 Å². The number of aryl methyl sites for hydroxylation is 1. The van der Waals surface area contributed by atoms with E-state index in [0.717, 1.165) is 37.2 Å². The van der Waals surface area contributed by atoms with Crippen LogP contribution >= 0.6 is 0 Å². The summed E-state index contributed by atoms with van der Waals surface area (Å²) in [5.41, 5.74) is 1.75. The van der Waals surface area contributed by atoms with Gasteiger partial charge in [-0.1, -0.05) is 6.07 Å². The Morgan fingerprint density at radius 2 is 2.07 bits per heavy atom. The van der Waals surface area contributed by atoms with E-state index in [1.54, 1.807) is 19.1 Å². The predicted octanol–water partition coefficient (Wildman–Crippen LogP) is 1.49. The van der Waals surface area contributed by atoms with Gasteiger partial charge in [0, 0.05) is 32.0 Å². The molecule has 2 saturated heterocycles. The van der Waals surface area contributed by atoms with Crippen LogP contribution in [0.15, 0.2) is 18.2 Å². The quantitative estimate of drug-likeness (QED) is 0.739. The Bertz CT molecular complexity index is 710. The lowest BCUT2D eigenvalue weighted by Crippen LogP contribution is -2.48. The molecule has 1 aromatic carbocycles. The Kier molecular flexibility index (Phi) is 6.57. The van der Waals surface area contributed by atoms with Crippen molar-refractivity contribution in [2.75, 3.05) is 51.9 Å². The van der Waals surface area contributed by atoms with Crippen LogP contribution in [0.1, 0.15) is 24.8 Å². The van der Waals surface area contributed by atoms with Gasteiger partial charge in [-0.25, -0.2) is 0 Å². The highest BCUT2D eigenvalue weighted by Gasteiger charge is 2.38. The van der Waals surface area contributed by atoms with Crippen LogP contribution < -0.4 is 20.3 Å². The zero-order valence-electron chi connectivity index (χ0n) is 17.0. The third-order valence-corrected chi connectivity index (χ3v) is 5.87. The fourth-order valence-corrected chi connectivity index (χ4v) is 4.18. The lowest BCUT2D eigenvalue weighted by atomic mass is 9.79. The molecule has 154 valence electrons. The average Bonchev–Trinajstić information content (AvgIpc) is 3.09. The molecule has 0 radical (unpaired) electrons. The van der Waals surface area contributed by atoms with Gasteiger partial charge in [-0.15, -0.1) is 0 Å². The summed E-state index contributed by atoms with van der Waals surface area (Å²) < 4.78 is 10.8. The van der Waals surface area contributed by atoms with E-state index in [2.05, 4.69) is 10.6 Å². The summed E-state index contributed by atoms with van der Waals surface area (Å²) in [6, 6.07) is 5.73. The summed E-state index contributed by atoms with van der Waals surface area (Å²) >= 11 is 0. The van der Waals surface area contributed by atoms with Crippen LogP contribution in [-0.2, 0) is 14.3 Å². The maximum Gasteiger partial charge on any atom is 0.227 e. The highest BCUT2D eigenvalue weighted by atomic mass is 16.5. The highest BCUT2D eigenvalue weighted by molar-refractivity contribution is 6.01. The molecule has 0 aliphatic carbocycles. The van der Waals surface area contributed by atoms with Crippen molar-refractivity contribution in [3.05, 3.63) is 23.8 Å². The van der Waals surface area contributed by atoms with Crippen molar-refractivity contribution in [3.63, 3.8) is 0 Å². The number of piperidine rings is 1. The average molecular weight is 389 g/mol. The molecule has 1 unspecified atom stereocenters. The summed E-state index contributed by atoms with van der Waals surface area (Å²) in [5, 5.41) is 6.45. The van der Waals surface area contributed by atoms with Crippen molar-refractivity contribution >= 4 is 17.5 Å². The van der Waals surface area contributed by atoms with Crippen LogP contribution in [0.5, 0.6) is 5.75 Å². The maximum absolute atomic E-state index is 12.8. The van der Waals surface area contributed by atoms with Crippen LogP contribution in [0, 0.1) is 18.3 Å². The minimum absolute atomic E-state index is 0.0300. The van der Waals surface area contributed by atoms with E-state index in [1.165, 1.54) is 0 Å². The number of ether oxygens (including phenoxy) is 2. The van der Waals surface area contributed by atoms with E-state index in [4.69, 9.17) is 9.47 Å². The van der Waals surface area contributed by atoms with E-state index < -0.39 is 0 Å². The zero-order chi connectivity index (χ0) is 20.1. The van der Waals surface area contributed by atoms with Gasteiger partial charge in [0.15, 0.2) is 0 Å². The molecule has 1 atom stereocenters. The molecule has 1 aromatic rings. The first-order chi connectivity index (χ1) is 13.5. The number of hydrogen-bond donors (Lipinski definition) is 2. The van der Waals surface area contributed by atoms with E-state index in [0.29, 0.717) is 25.4 Å². The molecule has 2 aliphatic heterocycles. The van der Waals surface area contributed by atoms with Gasteiger partial charge in [-0.3, -0.25) is 9.59 Å². The van der Waals surface area contributed by atoms with Crippen LogP contribution in [-0.4, -0.2) is 58.8 Å². The predicted molar refractivity (Wildman–Crippen MR) is 108 cm³/mol. The van der Waals surface area contributed by atoms with Crippen LogP contribution in [0.25, 0.3) is 0 Å². The number of benzene rings is 1. The lowest BCUT2D eigenvalue weighted by Gasteiger charge is -2.37. The number of hydrogen-bond acceptors (Lipinski definition) is 5. The second-order valence-electron chi connectivity index (χ2n) is 7.98. The molecule has 0 aromatic heterocycles. The largest absolute Gasteiger partial charge is 0.495 e. The summed E-state index contributed by atoms with van der Waals surface area (Å²) in [6.07, 6.45) is 2.16. The molecule has 2 fully saturated rings. The topological polar surface area (TPSA) is 79.9 Å². The van der Waals surface area contributed by atoms with Crippen LogP contribution in [0.4, 0.5) is 5.69 Å². The molecular weight excluding hydrogens is 358 g/mol. The molecule has 28 heavy (non-hydrogen) atoms. The Morgan fingerprint density at radius 1 is 1.32 bits per heavy atom. The van der Waals surface area contributed by atoms with Gasteiger partial charge < -0.3 is 25.0 Å². The van der Waals surface area contributed by atoms with Crippen molar-refractivity contribution < 1.29 is 19.1 Å². The van der Waals surface area contributed by atoms with Gasteiger partial charge in [0.25, 0.3) is 0 Å². The van der Waals surface area contributed by atoms with Crippen molar-refractivity contribution in [1.29, 1.82) is 0 Å². The molecular formula is C21H31N3O4. The van der Waals surface area contributed by atoms with Gasteiger partial charge >= 0.3 is 0 Å². The number of rotatable bonds is 7. The molecule has 0 bridgehead atoms. The third kappa shape index (κ3) is 4.47. The Labute approximate surface area is 166 Å². The first-order valence-electron chi connectivity index (χ1n) is 9.90. The monoisotopic (exact) mass is 389 g/mol. The Hall–Kier alpha value is -2.12. The standard InChI is InChI=1S/C21H31N3O4/c1-15-4-5-18(28-3)17(10-15)24-12-16(11-19(24)25)20(26)23-13-21(14-27-2)6-8-22-9-7-21/h4-5,10,16,22H,6-9,11-14H2,1-3H3,(H,23,26). The minimum Gasteiger partial charge on any atom is -0.495 e. The van der Waals surface area contributed by atoms with E-state index in [-0.39, 0.29) is 29.6 Å². The zero-order valence-corrected chi connectivity index (χ0v) is 17.0. The van der Waals surface area contributed by atoms with Gasteiger partial charge in [0.2, 0.25) is 11.8 Å². The summed E-state index contributed by atoms with van der Waals surface area (Å²) in [6.45, 7) is 5.43. The van der Waals surface area contributed by atoms with Gasteiger partial charge in [0.05, 0.1) is 25.3 Å². The molecule has 2 aliphatic rings. The van der Waals surface area contributed by atoms with Crippen molar-refractivity contribution in [3.8, 4) is 5.75 Å². The van der Waals surface area contributed by atoms with E-state index >= 15 is 0 Å². The van der Waals surface area contributed by atoms with Crippen LogP contribution in [0.2, 0.25) is 0 Å². The molecule has 0 saturated carbocycles. The maximum atomic E-state index is 12.8. The molecule has 7 heteroatoms. The van der Waals surface area contributed by atoms with Crippen LogP contribution in [0.3, 0.4) is 0 Å². The summed E-state index contributed by atoms with van der Waals surface area (Å²) in [5.74, 6) is 0.196. The molecule has 2 amide bonds. The number of anilines is 1. The van der Waals surface area contributed by atoms with Crippen molar-refractivity contribution in [1.82, 2.24) is 10.6 Å². The number of amides is 2. The number of nitrogens with zero attached hydrogens (tertiary/aromatic N) is 1. The number of carbonyl (C=O) groups excluding carboxylic acids is 2. The lowest BCUT2D eigenvalue weighted by molar-refractivity contribution is -0.127. The van der Waals surface area contributed by atoms with E-state index in [9.17, 15) is 9.59 Å². The molecule has 0 spiro atoms. The molecule has 2 N–H and O–H groups in total. The second kappa shape index (κ2) is 8.92.